The second-order valence-corrected chi connectivity index (χ2v) is 5.98. The molecule has 1 heterocycles. The fourth-order valence-corrected chi connectivity index (χ4v) is 3.22. The van der Waals surface area contributed by atoms with Crippen LogP contribution in [0.3, 0.4) is 0 Å². The Bertz CT molecular complexity index is 524. The van der Waals surface area contributed by atoms with Gasteiger partial charge in [-0.2, -0.15) is 0 Å². The summed E-state index contributed by atoms with van der Waals surface area (Å²) in [6.45, 7) is 2.02. The summed E-state index contributed by atoms with van der Waals surface area (Å²) < 4.78 is 2.25. The molecule has 0 spiro atoms. The van der Waals surface area contributed by atoms with E-state index in [2.05, 4.69) is 45.2 Å². The van der Waals surface area contributed by atoms with Crippen molar-refractivity contribution in [2.75, 3.05) is 6.54 Å². The standard InChI is InChI=1S/C18H25N3/c1-2-7-11-17(10-6-1)20-12-13-21-15-19-14-18(21)16-8-4-3-5-9-16/h3-5,8-9,14-15,17,20H,1-2,6-7,10-13H2. The second-order valence-electron chi connectivity index (χ2n) is 5.98. The van der Waals surface area contributed by atoms with Gasteiger partial charge in [-0.1, -0.05) is 56.0 Å². The van der Waals surface area contributed by atoms with Gasteiger partial charge < -0.3 is 9.88 Å². The van der Waals surface area contributed by atoms with E-state index in [9.17, 15) is 0 Å². The summed E-state index contributed by atoms with van der Waals surface area (Å²) in [4.78, 5) is 4.31. The summed E-state index contributed by atoms with van der Waals surface area (Å²) >= 11 is 0. The predicted molar refractivity (Wildman–Crippen MR) is 87.2 cm³/mol. The van der Waals surface area contributed by atoms with Crippen LogP contribution in [0, 0.1) is 0 Å². The van der Waals surface area contributed by atoms with E-state index in [1.54, 1.807) is 0 Å². The lowest BCUT2D eigenvalue weighted by atomic mass is 10.1. The SMILES string of the molecule is c1ccc(-c2cncn2CCNC2CCCCCC2)cc1. The number of benzene rings is 1. The Morgan fingerprint density at radius 1 is 1.05 bits per heavy atom. The van der Waals surface area contributed by atoms with Crippen molar-refractivity contribution in [2.24, 2.45) is 0 Å². The Balaban J connectivity index is 1.55. The van der Waals surface area contributed by atoms with Crippen LogP contribution in [-0.2, 0) is 6.54 Å². The number of nitrogens with zero attached hydrogens (tertiary/aromatic N) is 2. The van der Waals surface area contributed by atoms with Gasteiger partial charge in [0.2, 0.25) is 0 Å². The first kappa shape index (κ1) is 14.3. The Morgan fingerprint density at radius 3 is 2.57 bits per heavy atom. The van der Waals surface area contributed by atoms with Gasteiger partial charge in [-0.05, 0) is 18.4 Å². The van der Waals surface area contributed by atoms with Gasteiger partial charge >= 0.3 is 0 Å². The first-order valence-corrected chi connectivity index (χ1v) is 8.22. The average molecular weight is 283 g/mol. The maximum absolute atomic E-state index is 4.31. The van der Waals surface area contributed by atoms with Crippen molar-refractivity contribution in [1.82, 2.24) is 14.9 Å². The van der Waals surface area contributed by atoms with Gasteiger partial charge in [0.25, 0.3) is 0 Å². The minimum absolute atomic E-state index is 0.719. The van der Waals surface area contributed by atoms with Crippen molar-refractivity contribution >= 4 is 0 Å². The van der Waals surface area contributed by atoms with E-state index in [0.717, 1.165) is 19.1 Å². The van der Waals surface area contributed by atoms with Crippen molar-refractivity contribution in [1.29, 1.82) is 0 Å². The molecule has 1 aromatic heterocycles. The van der Waals surface area contributed by atoms with E-state index in [0.29, 0.717) is 0 Å². The van der Waals surface area contributed by atoms with Crippen molar-refractivity contribution in [3.63, 3.8) is 0 Å². The number of aromatic nitrogens is 2. The molecule has 21 heavy (non-hydrogen) atoms. The third-order valence-electron chi connectivity index (χ3n) is 4.42. The molecule has 1 saturated carbocycles. The van der Waals surface area contributed by atoms with E-state index >= 15 is 0 Å². The summed E-state index contributed by atoms with van der Waals surface area (Å²) in [5.74, 6) is 0. The van der Waals surface area contributed by atoms with E-state index in [-0.39, 0.29) is 0 Å². The Hall–Kier alpha value is -1.61. The Morgan fingerprint density at radius 2 is 1.81 bits per heavy atom. The number of hydrogen-bond donors (Lipinski definition) is 1. The summed E-state index contributed by atoms with van der Waals surface area (Å²) in [6.07, 6.45) is 12.2. The van der Waals surface area contributed by atoms with E-state index in [4.69, 9.17) is 0 Å². The summed E-state index contributed by atoms with van der Waals surface area (Å²) in [6, 6.07) is 11.2. The number of hydrogen-bond acceptors (Lipinski definition) is 2. The van der Waals surface area contributed by atoms with Gasteiger partial charge in [0.15, 0.2) is 0 Å². The van der Waals surface area contributed by atoms with Crippen LogP contribution in [0.25, 0.3) is 11.3 Å². The minimum Gasteiger partial charge on any atom is -0.329 e. The average Bonchev–Trinajstić information content (AvgIpc) is 2.84. The zero-order valence-corrected chi connectivity index (χ0v) is 12.7. The lowest BCUT2D eigenvalue weighted by molar-refractivity contribution is 0.446. The van der Waals surface area contributed by atoms with Crippen LogP contribution in [0.5, 0.6) is 0 Å². The topological polar surface area (TPSA) is 29.9 Å². The first-order chi connectivity index (χ1) is 10.4. The molecular weight excluding hydrogens is 258 g/mol. The van der Waals surface area contributed by atoms with Crippen LogP contribution < -0.4 is 5.32 Å². The number of nitrogens with one attached hydrogen (secondary N) is 1. The number of imidazole rings is 1. The van der Waals surface area contributed by atoms with Crippen molar-refractivity contribution in [2.45, 2.75) is 51.1 Å². The Kier molecular flexibility index (Phi) is 5.06. The quantitative estimate of drug-likeness (QED) is 0.844. The highest BCUT2D eigenvalue weighted by molar-refractivity contribution is 5.58. The van der Waals surface area contributed by atoms with Crippen LogP contribution in [0.2, 0.25) is 0 Å². The molecule has 2 aromatic rings. The van der Waals surface area contributed by atoms with Crippen molar-refractivity contribution in [3.8, 4) is 11.3 Å². The molecule has 1 aliphatic carbocycles. The van der Waals surface area contributed by atoms with Gasteiger partial charge in [-0.25, -0.2) is 4.98 Å². The van der Waals surface area contributed by atoms with Crippen LogP contribution >= 0.6 is 0 Å². The van der Waals surface area contributed by atoms with Gasteiger partial charge in [0.05, 0.1) is 18.2 Å². The van der Waals surface area contributed by atoms with Gasteiger partial charge in [-0.15, -0.1) is 0 Å². The molecule has 0 saturated heterocycles. The molecule has 1 aliphatic rings. The maximum atomic E-state index is 4.31. The third kappa shape index (κ3) is 3.94. The molecule has 1 fully saturated rings. The molecule has 0 atom stereocenters. The van der Waals surface area contributed by atoms with Crippen molar-refractivity contribution < 1.29 is 0 Å². The minimum atomic E-state index is 0.719. The predicted octanol–water partition coefficient (Wildman–Crippen LogP) is 3.86. The third-order valence-corrected chi connectivity index (χ3v) is 4.42. The second kappa shape index (κ2) is 7.41. The van der Waals surface area contributed by atoms with Crippen LogP contribution in [0.4, 0.5) is 0 Å². The van der Waals surface area contributed by atoms with Gasteiger partial charge in [0, 0.05) is 19.1 Å². The molecule has 0 aliphatic heterocycles. The highest BCUT2D eigenvalue weighted by Crippen LogP contribution is 2.19. The monoisotopic (exact) mass is 283 g/mol. The highest BCUT2D eigenvalue weighted by atomic mass is 15.1. The van der Waals surface area contributed by atoms with Crippen LogP contribution in [-0.4, -0.2) is 22.1 Å². The lowest BCUT2D eigenvalue weighted by Crippen LogP contribution is -2.31. The van der Waals surface area contributed by atoms with E-state index in [1.165, 1.54) is 49.8 Å². The smallest absolute Gasteiger partial charge is 0.0951 e. The van der Waals surface area contributed by atoms with E-state index < -0.39 is 0 Å². The van der Waals surface area contributed by atoms with Crippen LogP contribution in [0.15, 0.2) is 42.9 Å². The molecule has 3 heteroatoms. The molecular formula is C18H25N3. The first-order valence-electron chi connectivity index (χ1n) is 8.22. The lowest BCUT2D eigenvalue weighted by Gasteiger charge is -2.17. The maximum Gasteiger partial charge on any atom is 0.0951 e. The summed E-state index contributed by atoms with van der Waals surface area (Å²) in [7, 11) is 0. The molecule has 0 radical (unpaired) electrons. The molecule has 0 amide bonds. The zero-order chi connectivity index (χ0) is 14.3. The molecule has 3 rings (SSSR count). The molecule has 1 aromatic carbocycles. The number of rotatable bonds is 5. The molecule has 1 N–H and O–H groups in total. The summed E-state index contributed by atoms with van der Waals surface area (Å²) in [5.41, 5.74) is 2.45. The molecule has 0 unspecified atom stereocenters. The normalized spacial score (nSPS) is 16.8. The molecule has 0 bridgehead atoms. The van der Waals surface area contributed by atoms with Crippen LogP contribution in [0.1, 0.15) is 38.5 Å². The van der Waals surface area contributed by atoms with E-state index in [1.807, 2.05) is 12.5 Å². The zero-order valence-electron chi connectivity index (χ0n) is 12.7. The largest absolute Gasteiger partial charge is 0.329 e. The summed E-state index contributed by atoms with van der Waals surface area (Å²) in [5, 5.41) is 3.73. The fraction of sp³-hybridized carbons (Fsp3) is 0.500. The van der Waals surface area contributed by atoms with Gasteiger partial charge in [-0.3, -0.25) is 0 Å². The van der Waals surface area contributed by atoms with Crippen molar-refractivity contribution in [3.05, 3.63) is 42.9 Å². The highest BCUT2D eigenvalue weighted by Gasteiger charge is 2.11. The fourth-order valence-electron chi connectivity index (χ4n) is 3.22. The Labute approximate surface area is 127 Å². The molecule has 112 valence electrons. The van der Waals surface area contributed by atoms with Gasteiger partial charge in [0.1, 0.15) is 0 Å². The molecule has 3 nitrogen and oxygen atoms in total.